The molecule has 1 aromatic carbocycles. The van der Waals surface area contributed by atoms with Crippen LogP contribution in [0.5, 0.6) is 0 Å². The van der Waals surface area contributed by atoms with E-state index in [0.717, 1.165) is 11.1 Å². The molecule has 0 atom stereocenters. The minimum Gasteiger partial charge on any atom is -0.545 e. The van der Waals surface area contributed by atoms with Gasteiger partial charge < -0.3 is 14.3 Å². The average molecular weight is 348 g/mol. The number of carboxylic acid groups (broad SMARTS) is 1. The van der Waals surface area contributed by atoms with E-state index >= 15 is 0 Å². The Kier molecular flexibility index (Phi) is 4.89. The van der Waals surface area contributed by atoms with Gasteiger partial charge >= 0.3 is 0 Å². The molecular weight excluding hydrogens is 334 g/mol. The van der Waals surface area contributed by atoms with Crippen molar-refractivity contribution in [3.8, 4) is 11.3 Å². The maximum atomic E-state index is 11.9. The summed E-state index contributed by atoms with van der Waals surface area (Å²) in [6, 6.07) is 11.2. The molecule has 7 heteroatoms. The van der Waals surface area contributed by atoms with Crippen molar-refractivity contribution in [1.82, 2.24) is 10.4 Å². The Bertz CT molecular complexity index is 977. The lowest BCUT2D eigenvalue weighted by Crippen LogP contribution is -2.22. The maximum Gasteiger partial charge on any atom is 0.271 e. The van der Waals surface area contributed by atoms with E-state index < -0.39 is 5.97 Å². The minimum atomic E-state index is -1.23. The smallest absolute Gasteiger partial charge is 0.271 e. The molecule has 0 bridgehead atoms. The SMILES string of the molecule is Cc1cc(C(=O)[O-])ccc1-c1ccc(/C=N/NC(=O)c2ccncc2)o1. The van der Waals surface area contributed by atoms with Crippen molar-refractivity contribution in [3.05, 3.63) is 77.3 Å². The van der Waals surface area contributed by atoms with Gasteiger partial charge in [-0.05, 0) is 48.4 Å². The highest BCUT2D eigenvalue weighted by molar-refractivity contribution is 5.94. The number of carbonyl (C=O) groups is 2. The average Bonchev–Trinajstić information content (AvgIpc) is 3.10. The molecule has 7 nitrogen and oxygen atoms in total. The molecule has 0 aliphatic rings. The largest absolute Gasteiger partial charge is 0.545 e. The molecule has 0 unspecified atom stereocenters. The summed E-state index contributed by atoms with van der Waals surface area (Å²) >= 11 is 0. The number of hydrogen-bond acceptors (Lipinski definition) is 6. The first kappa shape index (κ1) is 17.1. The monoisotopic (exact) mass is 348 g/mol. The number of amides is 1. The fraction of sp³-hybridized carbons (Fsp3) is 0.0526. The third kappa shape index (κ3) is 3.84. The number of nitrogens with zero attached hydrogens (tertiary/aromatic N) is 2. The van der Waals surface area contributed by atoms with E-state index in [4.69, 9.17) is 4.42 Å². The topological polar surface area (TPSA) is 108 Å². The van der Waals surface area contributed by atoms with Crippen molar-refractivity contribution >= 4 is 18.1 Å². The van der Waals surface area contributed by atoms with E-state index in [2.05, 4.69) is 15.5 Å². The van der Waals surface area contributed by atoms with Crippen LogP contribution in [0, 0.1) is 6.92 Å². The number of nitrogens with one attached hydrogen (secondary N) is 1. The van der Waals surface area contributed by atoms with Gasteiger partial charge in [-0.15, -0.1) is 0 Å². The van der Waals surface area contributed by atoms with Crippen LogP contribution in [0.15, 0.2) is 64.4 Å². The minimum absolute atomic E-state index is 0.110. The molecule has 26 heavy (non-hydrogen) atoms. The summed E-state index contributed by atoms with van der Waals surface area (Å²) in [6.07, 6.45) is 4.42. The van der Waals surface area contributed by atoms with Crippen molar-refractivity contribution in [2.24, 2.45) is 5.10 Å². The predicted octanol–water partition coefficient (Wildman–Crippen LogP) is 1.78. The van der Waals surface area contributed by atoms with E-state index in [1.54, 1.807) is 37.3 Å². The van der Waals surface area contributed by atoms with Crippen LogP contribution in [0.4, 0.5) is 0 Å². The highest BCUT2D eigenvalue weighted by Crippen LogP contribution is 2.25. The highest BCUT2D eigenvalue weighted by atomic mass is 16.4. The molecule has 130 valence electrons. The third-order valence-corrected chi connectivity index (χ3v) is 3.65. The van der Waals surface area contributed by atoms with Crippen molar-refractivity contribution in [3.63, 3.8) is 0 Å². The molecule has 1 N–H and O–H groups in total. The van der Waals surface area contributed by atoms with Gasteiger partial charge in [0.1, 0.15) is 11.5 Å². The molecule has 0 fully saturated rings. The maximum absolute atomic E-state index is 11.9. The van der Waals surface area contributed by atoms with Gasteiger partial charge in [-0.25, -0.2) is 5.43 Å². The lowest BCUT2D eigenvalue weighted by Gasteiger charge is -2.07. The number of carboxylic acids is 1. The first-order valence-electron chi connectivity index (χ1n) is 7.70. The number of aromatic carboxylic acids is 1. The van der Waals surface area contributed by atoms with Gasteiger partial charge in [0.2, 0.25) is 0 Å². The number of carbonyl (C=O) groups excluding carboxylic acids is 2. The highest BCUT2D eigenvalue weighted by Gasteiger charge is 2.08. The second-order valence-corrected chi connectivity index (χ2v) is 5.45. The number of pyridine rings is 1. The molecule has 0 aliphatic carbocycles. The number of rotatable bonds is 5. The Labute approximate surface area is 149 Å². The van der Waals surface area contributed by atoms with Crippen LogP contribution in [0.25, 0.3) is 11.3 Å². The fourth-order valence-electron chi connectivity index (χ4n) is 2.36. The number of aryl methyl sites for hydroxylation is 1. The summed E-state index contributed by atoms with van der Waals surface area (Å²) in [5, 5.41) is 14.8. The van der Waals surface area contributed by atoms with Gasteiger partial charge in [-0.2, -0.15) is 5.10 Å². The number of furan rings is 1. The summed E-state index contributed by atoms with van der Waals surface area (Å²) in [6.45, 7) is 1.78. The number of aromatic nitrogens is 1. The molecule has 0 saturated carbocycles. The van der Waals surface area contributed by atoms with Gasteiger partial charge in [-0.3, -0.25) is 9.78 Å². The molecule has 0 spiro atoms. The molecular formula is C19H14N3O4-. The summed E-state index contributed by atoms with van der Waals surface area (Å²) in [5.41, 5.74) is 4.46. The van der Waals surface area contributed by atoms with Gasteiger partial charge in [-0.1, -0.05) is 12.1 Å². The standard InChI is InChI=1S/C19H15N3O4/c1-12-10-14(19(24)25)2-4-16(12)17-5-3-15(26-17)11-21-22-18(23)13-6-8-20-9-7-13/h2-11H,1H3,(H,22,23)(H,24,25)/p-1/b21-11+. The predicted molar refractivity (Wildman–Crippen MR) is 92.5 cm³/mol. The Morgan fingerprint density at radius 2 is 1.88 bits per heavy atom. The molecule has 0 saturated heterocycles. The van der Waals surface area contributed by atoms with Crippen LogP contribution in [-0.4, -0.2) is 23.1 Å². The Morgan fingerprint density at radius 1 is 1.12 bits per heavy atom. The first-order valence-corrected chi connectivity index (χ1v) is 7.70. The molecule has 0 radical (unpaired) electrons. The van der Waals surface area contributed by atoms with Crippen LogP contribution in [0.3, 0.4) is 0 Å². The number of hydrogen-bond donors (Lipinski definition) is 1. The van der Waals surface area contributed by atoms with E-state index in [0.29, 0.717) is 17.1 Å². The van der Waals surface area contributed by atoms with Crippen LogP contribution in [0.2, 0.25) is 0 Å². The first-order chi connectivity index (χ1) is 12.5. The Balaban J connectivity index is 1.70. The number of benzene rings is 1. The molecule has 2 heterocycles. The summed E-state index contributed by atoms with van der Waals surface area (Å²) in [4.78, 5) is 26.6. The van der Waals surface area contributed by atoms with E-state index in [1.807, 2.05) is 0 Å². The van der Waals surface area contributed by atoms with Crippen molar-refractivity contribution in [2.45, 2.75) is 6.92 Å². The molecule has 3 rings (SSSR count). The summed E-state index contributed by atoms with van der Waals surface area (Å²) in [7, 11) is 0. The fourth-order valence-corrected chi connectivity index (χ4v) is 2.36. The van der Waals surface area contributed by atoms with Crippen LogP contribution in [-0.2, 0) is 0 Å². The third-order valence-electron chi connectivity index (χ3n) is 3.65. The van der Waals surface area contributed by atoms with Crippen LogP contribution < -0.4 is 10.5 Å². The van der Waals surface area contributed by atoms with Crippen LogP contribution in [0.1, 0.15) is 32.0 Å². The van der Waals surface area contributed by atoms with Crippen molar-refractivity contribution < 1.29 is 19.1 Å². The van der Waals surface area contributed by atoms with E-state index in [9.17, 15) is 14.7 Å². The van der Waals surface area contributed by atoms with Gasteiger partial charge in [0, 0.05) is 23.5 Å². The molecule has 0 aliphatic heterocycles. The second kappa shape index (κ2) is 7.43. The quantitative estimate of drug-likeness (QED) is 0.558. The zero-order valence-electron chi connectivity index (χ0n) is 13.8. The lowest BCUT2D eigenvalue weighted by atomic mass is 10.0. The van der Waals surface area contributed by atoms with Crippen molar-refractivity contribution in [2.75, 3.05) is 0 Å². The molecule has 2 aromatic heterocycles. The van der Waals surface area contributed by atoms with Crippen LogP contribution >= 0.6 is 0 Å². The normalized spacial score (nSPS) is 10.8. The lowest BCUT2D eigenvalue weighted by molar-refractivity contribution is -0.255. The number of hydrazone groups is 1. The molecule has 1 amide bonds. The zero-order valence-corrected chi connectivity index (χ0v) is 13.8. The van der Waals surface area contributed by atoms with Crippen molar-refractivity contribution in [1.29, 1.82) is 0 Å². The Morgan fingerprint density at radius 3 is 2.58 bits per heavy atom. The van der Waals surface area contributed by atoms with E-state index in [-0.39, 0.29) is 11.5 Å². The van der Waals surface area contributed by atoms with Gasteiger partial charge in [0.15, 0.2) is 0 Å². The summed E-state index contributed by atoms with van der Waals surface area (Å²) < 4.78 is 5.66. The molecule has 3 aromatic rings. The zero-order chi connectivity index (χ0) is 18.5. The van der Waals surface area contributed by atoms with E-state index in [1.165, 1.54) is 30.7 Å². The Hall–Kier alpha value is -3.74. The van der Waals surface area contributed by atoms with Gasteiger partial charge in [0.25, 0.3) is 5.91 Å². The van der Waals surface area contributed by atoms with Gasteiger partial charge in [0.05, 0.1) is 12.2 Å². The summed E-state index contributed by atoms with van der Waals surface area (Å²) in [5.74, 6) is -0.575. The second-order valence-electron chi connectivity index (χ2n) is 5.45.